The molecule has 6 unspecified atom stereocenters. The molecule has 0 radical (unpaired) electrons. The minimum absolute atomic E-state index is 0.0872. The normalized spacial score (nSPS) is 46.0. The van der Waals surface area contributed by atoms with E-state index in [1.807, 2.05) is 0 Å². The summed E-state index contributed by atoms with van der Waals surface area (Å²) in [6, 6.07) is 0. The van der Waals surface area contributed by atoms with Gasteiger partial charge in [0.1, 0.15) is 6.61 Å². The number of fused-ring (bicyclic) bond motifs is 1. The number of hydrogen-bond donors (Lipinski definition) is 4. The van der Waals surface area contributed by atoms with E-state index in [1.54, 1.807) is 0 Å². The van der Waals surface area contributed by atoms with Crippen LogP contribution in [0.5, 0.6) is 0 Å². The maximum atomic E-state index is 11.8. The third-order valence-corrected chi connectivity index (χ3v) is 12.1. The first-order chi connectivity index (χ1) is 16.3. The smallest absolute Gasteiger partial charge is 0.418 e. The molecule has 7 nitrogen and oxygen atoms in total. The van der Waals surface area contributed by atoms with Crippen LogP contribution in [0.25, 0.3) is 0 Å². The van der Waals surface area contributed by atoms with Crippen LogP contribution in [0, 0.1) is 39.9 Å². The molecule has 0 heterocycles. The minimum atomic E-state index is -0.612. The maximum absolute atomic E-state index is 11.8. The van der Waals surface area contributed by atoms with Gasteiger partial charge in [-0.25, -0.2) is 9.52 Å². The van der Waals surface area contributed by atoms with Crippen molar-refractivity contribution in [3.63, 3.8) is 0 Å². The summed E-state index contributed by atoms with van der Waals surface area (Å²) in [5.41, 5.74) is 8.83. The number of nitrogens with one attached hydrogen (secondary N) is 2. The van der Waals surface area contributed by atoms with Gasteiger partial charge in [0.25, 0.3) is 5.91 Å². The standard InChI is InChI=1S/C26H43N3O4S/c1-3-17-15-24-19-9-8-18(7-6-14-33-22(32)29-34-28-21(31)16-30)23(19,2)13-10-20(24)25(24)11-4-5-12-26(17,25)27/h17-20,30H,3-16,27H2,1-2H3,(H,28,31)(H,29,32)/t17-,18?,19?,20-,23?,24?,25?,26?/m0/s1. The number of carbonyl (C=O) groups is 2. The van der Waals surface area contributed by atoms with Gasteiger partial charge < -0.3 is 15.6 Å². The Morgan fingerprint density at radius 3 is 2.65 bits per heavy atom. The fourth-order valence-corrected chi connectivity index (χ4v) is 10.9. The fraction of sp³-hybridized carbons (Fsp3) is 0.923. The van der Waals surface area contributed by atoms with Crippen molar-refractivity contribution < 1.29 is 19.4 Å². The van der Waals surface area contributed by atoms with Gasteiger partial charge in [-0.15, -0.1) is 0 Å². The molecule has 192 valence electrons. The van der Waals surface area contributed by atoms with Crippen molar-refractivity contribution in [2.45, 2.75) is 96.4 Å². The lowest BCUT2D eigenvalue weighted by atomic mass is 9.59. The molecular weight excluding hydrogens is 450 g/mol. The Morgan fingerprint density at radius 2 is 1.88 bits per heavy atom. The lowest BCUT2D eigenvalue weighted by Gasteiger charge is -2.46. The summed E-state index contributed by atoms with van der Waals surface area (Å²) < 4.78 is 9.99. The van der Waals surface area contributed by atoms with E-state index in [9.17, 15) is 9.59 Å². The largest absolute Gasteiger partial charge is 0.449 e. The highest BCUT2D eigenvalue weighted by atomic mass is 32.2. The van der Waals surface area contributed by atoms with Crippen molar-refractivity contribution in [3.8, 4) is 0 Å². The van der Waals surface area contributed by atoms with Gasteiger partial charge in [-0.3, -0.25) is 9.52 Å². The number of rotatable bonds is 8. The molecule has 5 aliphatic rings. The van der Waals surface area contributed by atoms with Gasteiger partial charge in [0.2, 0.25) is 0 Å². The van der Waals surface area contributed by atoms with Gasteiger partial charge in [0.15, 0.2) is 0 Å². The molecule has 5 saturated carbocycles. The zero-order valence-electron chi connectivity index (χ0n) is 20.9. The summed E-state index contributed by atoms with van der Waals surface area (Å²) in [5, 5.41) is 8.67. The van der Waals surface area contributed by atoms with Crippen molar-refractivity contribution in [3.05, 3.63) is 0 Å². The lowest BCUT2D eigenvalue weighted by molar-refractivity contribution is -0.121. The molecule has 8 heteroatoms. The molecule has 2 spiro atoms. The predicted molar refractivity (Wildman–Crippen MR) is 132 cm³/mol. The molecule has 5 aliphatic carbocycles. The number of aliphatic hydroxyl groups is 1. The number of carbonyl (C=O) groups excluding carboxylic acids is 2. The second-order valence-electron chi connectivity index (χ2n) is 12.2. The first-order valence-electron chi connectivity index (χ1n) is 13.6. The minimum Gasteiger partial charge on any atom is -0.449 e. The Morgan fingerprint density at radius 1 is 1.09 bits per heavy atom. The highest BCUT2D eigenvalue weighted by Crippen LogP contribution is 2.93. The quantitative estimate of drug-likeness (QED) is 0.296. The first kappa shape index (κ1) is 24.7. The van der Waals surface area contributed by atoms with Crippen molar-refractivity contribution >= 4 is 24.1 Å². The summed E-state index contributed by atoms with van der Waals surface area (Å²) in [6.45, 7) is 4.73. The molecule has 0 aliphatic heterocycles. The van der Waals surface area contributed by atoms with E-state index in [4.69, 9.17) is 15.6 Å². The molecule has 2 amide bonds. The zero-order valence-corrected chi connectivity index (χ0v) is 21.7. The summed E-state index contributed by atoms with van der Waals surface area (Å²) in [6.07, 6.45) is 14.7. The number of hydrogen-bond acceptors (Lipinski definition) is 6. The topological polar surface area (TPSA) is 114 Å². The second-order valence-corrected chi connectivity index (χ2v) is 12.8. The molecule has 5 N–H and O–H groups in total. The Balaban J connectivity index is 1.18. The van der Waals surface area contributed by atoms with Crippen molar-refractivity contribution in [1.29, 1.82) is 0 Å². The van der Waals surface area contributed by atoms with Gasteiger partial charge >= 0.3 is 6.09 Å². The highest BCUT2D eigenvalue weighted by Gasteiger charge is 2.90. The molecule has 0 aromatic heterocycles. The third-order valence-electron chi connectivity index (χ3n) is 11.5. The molecule has 0 aromatic carbocycles. The Kier molecular flexibility index (Phi) is 6.42. The summed E-state index contributed by atoms with van der Waals surface area (Å²) in [4.78, 5) is 22.8. The second kappa shape index (κ2) is 8.84. The Labute approximate surface area is 208 Å². The molecule has 8 atom stereocenters. The maximum Gasteiger partial charge on any atom is 0.418 e. The van der Waals surface area contributed by atoms with Crippen LogP contribution in [0.15, 0.2) is 0 Å². The molecule has 34 heavy (non-hydrogen) atoms. The molecule has 5 rings (SSSR count). The van der Waals surface area contributed by atoms with E-state index in [0.29, 0.717) is 34.7 Å². The van der Waals surface area contributed by atoms with Crippen molar-refractivity contribution in [2.75, 3.05) is 13.2 Å². The predicted octanol–water partition coefficient (Wildman–Crippen LogP) is 4.29. The number of ether oxygens (including phenoxy) is 1. The average molecular weight is 494 g/mol. The van der Waals surface area contributed by atoms with Crippen molar-refractivity contribution in [1.82, 2.24) is 9.44 Å². The number of amides is 2. The van der Waals surface area contributed by atoms with Gasteiger partial charge in [-0.1, -0.05) is 33.1 Å². The van der Waals surface area contributed by atoms with E-state index in [-0.39, 0.29) is 5.54 Å². The Hall–Kier alpha value is -0.990. The van der Waals surface area contributed by atoms with Gasteiger partial charge in [0, 0.05) is 5.54 Å². The monoisotopic (exact) mass is 493 g/mol. The van der Waals surface area contributed by atoms with Gasteiger partial charge in [-0.2, -0.15) is 0 Å². The van der Waals surface area contributed by atoms with Crippen LogP contribution in [0.1, 0.15) is 90.9 Å². The number of nitrogens with two attached hydrogens (primary N) is 1. The summed E-state index contributed by atoms with van der Waals surface area (Å²) >= 11 is 0.720. The average Bonchev–Trinajstić information content (AvgIpc) is 3.09. The molecule has 0 bridgehead atoms. The van der Waals surface area contributed by atoms with Crippen LogP contribution in [0.3, 0.4) is 0 Å². The van der Waals surface area contributed by atoms with Crippen LogP contribution in [-0.2, 0) is 9.53 Å². The number of aliphatic hydroxyl groups excluding tert-OH is 1. The van der Waals surface area contributed by atoms with Crippen LogP contribution in [0.4, 0.5) is 4.79 Å². The SMILES string of the molecule is CC[C@H]1CC23C4CCC(CCCOC(=O)NSNC(=O)CO)C4(C)CC[C@@H]2C32CCCCC12N. The van der Waals surface area contributed by atoms with E-state index in [1.165, 1.54) is 64.2 Å². The molecular formula is C26H43N3O4S. The van der Waals surface area contributed by atoms with Gasteiger partial charge in [0.05, 0.1) is 18.7 Å². The highest BCUT2D eigenvalue weighted by molar-refractivity contribution is 7.96. The fourth-order valence-electron chi connectivity index (χ4n) is 10.5. The van der Waals surface area contributed by atoms with E-state index >= 15 is 0 Å². The molecule has 0 aromatic rings. The first-order valence-corrected chi connectivity index (χ1v) is 14.4. The van der Waals surface area contributed by atoms with E-state index in [2.05, 4.69) is 23.3 Å². The summed E-state index contributed by atoms with van der Waals surface area (Å²) in [5.74, 6) is 2.54. The van der Waals surface area contributed by atoms with Crippen LogP contribution in [0.2, 0.25) is 0 Å². The Bertz CT molecular complexity index is 828. The molecule has 5 fully saturated rings. The van der Waals surface area contributed by atoms with Crippen LogP contribution < -0.4 is 15.2 Å². The summed E-state index contributed by atoms with van der Waals surface area (Å²) in [7, 11) is 0. The molecule has 0 saturated heterocycles. The van der Waals surface area contributed by atoms with Gasteiger partial charge in [-0.05, 0) is 97.7 Å². The zero-order chi connectivity index (χ0) is 24.2. The van der Waals surface area contributed by atoms with Crippen LogP contribution in [-0.4, -0.2) is 35.9 Å². The van der Waals surface area contributed by atoms with E-state index < -0.39 is 18.6 Å². The van der Waals surface area contributed by atoms with Crippen molar-refractivity contribution in [2.24, 2.45) is 45.7 Å². The van der Waals surface area contributed by atoms with Crippen LogP contribution >= 0.6 is 12.1 Å². The lowest BCUT2D eigenvalue weighted by Crippen LogP contribution is -2.55. The third kappa shape index (κ3) is 3.23. The van der Waals surface area contributed by atoms with E-state index in [0.717, 1.165) is 36.8 Å².